The fourth-order valence-electron chi connectivity index (χ4n) is 2.12. The van der Waals surface area contributed by atoms with Crippen molar-refractivity contribution in [2.45, 2.75) is 26.7 Å². The van der Waals surface area contributed by atoms with Crippen LogP contribution in [0.5, 0.6) is 0 Å². The maximum atomic E-state index is 12.0. The summed E-state index contributed by atoms with van der Waals surface area (Å²) in [5.41, 5.74) is 3.19. The molecule has 0 unspecified atom stereocenters. The van der Waals surface area contributed by atoms with Crippen molar-refractivity contribution in [3.05, 3.63) is 54.1 Å². The van der Waals surface area contributed by atoms with Crippen molar-refractivity contribution in [1.29, 1.82) is 0 Å². The molecule has 0 saturated carbocycles. The second kappa shape index (κ2) is 7.45. The molecule has 2 rings (SSSR count). The molecular formula is C18H21N3O2. The molecule has 3 N–H and O–H groups in total. The van der Waals surface area contributed by atoms with E-state index in [2.05, 4.69) is 29.8 Å². The Labute approximate surface area is 136 Å². The predicted molar refractivity (Wildman–Crippen MR) is 93.9 cm³/mol. The van der Waals surface area contributed by atoms with Gasteiger partial charge in [0.15, 0.2) is 0 Å². The van der Waals surface area contributed by atoms with E-state index in [4.69, 9.17) is 0 Å². The summed E-state index contributed by atoms with van der Waals surface area (Å²) >= 11 is 0. The van der Waals surface area contributed by atoms with Gasteiger partial charge in [0.1, 0.15) is 0 Å². The fraction of sp³-hybridized carbons (Fsp3) is 0.222. The van der Waals surface area contributed by atoms with E-state index >= 15 is 0 Å². The van der Waals surface area contributed by atoms with E-state index in [0.717, 1.165) is 5.69 Å². The van der Waals surface area contributed by atoms with Gasteiger partial charge in [0.2, 0.25) is 5.91 Å². The van der Waals surface area contributed by atoms with Crippen LogP contribution in [0.25, 0.3) is 0 Å². The smallest absolute Gasteiger partial charge is 0.323 e. The molecule has 2 aromatic carbocycles. The van der Waals surface area contributed by atoms with Gasteiger partial charge in [0, 0.05) is 24.0 Å². The number of carbonyl (C=O) groups excluding carboxylic acids is 2. The molecule has 5 heteroatoms. The molecule has 0 aliphatic rings. The maximum absolute atomic E-state index is 12.0. The van der Waals surface area contributed by atoms with Crippen LogP contribution in [0, 0.1) is 0 Å². The summed E-state index contributed by atoms with van der Waals surface area (Å²) in [6, 6.07) is 14.4. The number of urea groups is 1. The number of hydrogen-bond acceptors (Lipinski definition) is 2. The topological polar surface area (TPSA) is 70.2 Å². The normalized spacial score (nSPS) is 10.3. The Morgan fingerprint density at radius 2 is 1.39 bits per heavy atom. The van der Waals surface area contributed by atoms with Gasteiger partial charge in [0.05, 0.1) is 0 Å². The summed E-state index contributed by atoms with van der Waals surface area (Å²) < 4.78 is 0. The highest BCUT2D eigenvalue weighted by Crippen LogP contribution is 2.18. The third kappa shape index (κ3) is 5.14. The second-order valence-electron chi connectivity index (χ2n) is 5.62. The largest absolute Gasteiger partial charge is 0.326 e. The van der Waals surface area contributed by atoms with Crippen LogP contribution >= 0.6 is 0 Å². The van der Waals surface area contributed by atoms with E-state index in [1.54, 1.807) is 24.3 Å². The van der Waals surface area contributed by atoms with Crippen molar-refractivity contribution >= 4 is 29.0 Å². The van der Waals surface area contributed by atoms with Gasteiger partial charge in [0.25, 0.3) is 0 Å². The molecule has 0 spiro atoms. The van der Waals surface area contributed by atoms with Gasteiger partial charge in [-0.1, -0.05) is 32.0 Å². The third-order valence-corrected chi connectivity index (χ3v) is 3.28. The van der Waals surface area contributed by atoms with E-state index in [1.165, 1.54) is 12.5 Å². The molecule has 3 amide bonds. The average Bonchev–Trinajstić information content (AvgIpc) is 2.47. The van der Waals surface area contributed by atoms with Crippen LogP contribution in [0.2, 0.25) is 0 Å². The Morgan fingerprint density at radius 3 is 1.96 bits per heavy atom. The quantitative estimate of drug-likeness (QED) is 0.782. The van der Waals surface area contributed by atoms with Gasteiger partial charge in [-0.15, -0.1) is 0 Å². The molecule has 0 atom stereocenters. The Kier molecular flexibility index (Phi) is 5.36. The lowest BCUT2D eigenvalue weighted by molar-refractivity contribution is -0.114. The van der Waals surface area contributed by atoms with Crippen LogP contribution in [0.3, 0.4) is 0 Å². The number of amides is 3. The van der Waals surface area contributed by atoms with Crippen molar-refractivity contribution in [2.75, 3.05) is 16.0 Å². The lowest BCUT2D eigenvalue weighted by Gasteiger charge is -2.10. The van der Waals surface area contributed by atoms with Gasteiger partial charge >= 0.3 is 6.03 Å². The van der Waals surface area contributed by atoms with Gasteiger partial charge < -0.3 is 16.0 Å². The van der Waals surface area contributed by atoms with Crippen LogP contribution in [0.15, 0.2) is 48.5 Å². The predicted octanol–water partition coefficient (Wildman–Crippen LogP) is 4.41. The summed E-state index contributed by atoms with van der Waals surface area (Å²) in [5, 5.41) is 8.19. The zero-order chi connectivity index (χ0) is 16.8. The Hall–Kier alpha value is -2.82. The molecule has 0 radical (unpaired) electrons. The highest BCUT2D eigenvalue weighted by atomic mass is 16.2. The third-order valence-electron chi connectivity index (χ3n) is 3.28. The maximum Gasteiger partial charge on any atom is 0.323 e. The van der Waals surface area contributed by atoms with E-state index in [0.29, 0.717) is 17.3 Å². The summed E-state index contributed by atoms with van der Waals surface area (Å²) in [6.07, 6.45) is 0. The fourth-order valence-corrected chi connectivity index (χ4v) is 2.12. The van der Waals surface area contributed by atoms with Crippen LogP contribution in [0.1, 0.15) is 32.3 Å². The number of benzene rings is 2. The lowest BCUT2D eigenvalue weighted by Crippen LogP contribution is -2.19. The summed E-state index contributed by atoms with van der Waals surface area (Å²) in [4.78, 5) is 23.1. The molecule has 2 aromatic rings. The minimum absolute atomic E-state index is 0.156. The van der Waals surface area contributed by atoms with Crippen molar-refractivity contribution in [3.8, 4) is 0 Å². The minimum atomic E-state index is -0.331. The van der Waals surface area contributed by atoms with Gasteiger partial charge in [-0.05, 0) is 41.8 Å². The van der Waals surface area contributed by atoms with Crippen LogP contribution in [-0.4, -0.2) is 11.9 Å². The van der Waals surface area contributed by atoms with Gasteiger partial charge in [-0.3, -0.25) is 4.79 Å². The molecule has 5 nitrogen and oxygen atoms in total. The number of rotatable bonds is 4. The van der Waals surface area contributed by atoms with Gasteiger partial charge in [-0.25, -0.2) is 4.79 Å². The van der Waals surface area contributed by atoms with E-state index in [-0.39, 0.29) is 11.9 Å². The van der Waals surface area contributed by atoms with Gasteiger partial charge in [-0.2, -0.15) is 0 Å². The zero-order valence-electron chi connectivity index (χ0n) is 13.5. The first-order valence-electron chi connectivity index (χ1n) is 7.49. The molecule has 0 bridgehead atoms. The molecule has 0 aliphatic carbocycles. The first-order chi connectivity index (χ1) is 10.9. The molecule has 23 heavy (non-hydrogen) atoms. The number of anilines is 3. The number of hydrogen-bond donors (Lipinski definition) is 3. The van der Waals surface area contributed by atoms with E-state index in [1.807, 2.05) is 24.3 Å². The Balaban J connectivity index is 1.97. The number of nitrogens with one attached hydrogen (secondary N) is 3. The SMILES string of the molecule is CC(=O)Nc1cccc(NC(=O)Nc2ccc(C(C)C)cc2)c1. The second-order valence-corrected chi connectivity index (χ2v) is 5.62. The van der Waals surface area contributed by atoms with Crippen molar-refractivity contribution in [2.24, 2.45) is 0 Å². The van der Waals surface area contributed by atoms with Crippen LogP contribution < -0.4 is 16.0 Å². The summed E-state index contributed by atoms with van der Waals surface area (Å²) in [5.74, 6) is 0.297. The average molecular weight is 311 g/mol. The first-order valence-corrected chi connectivity index (χ1v) is 7.49. The van der Waals surface area contributed by atoms with E-state index in [9.17, 15) is 9.59 Å². The Morgan fingerprint density at radius 1 is 0.826 bits per heavy atom. The summed E-state index contributed by atoms with van der Waals surface area (Å²) in [7, 11) is 0. The van der Waals surface area contributed by atoms with Crippen molar-refractivity contribution in [3.63, 3.8) is 0 Å². The molecule has 0 aliphatic heterocycles. The standard InChI is InChI=1S/C18H21N3O2/c1-12(2)14-7-9-15(10-8-14)20-18(23)21-17-6-4-5-16(11-17)19-13(3)22/h4-12H,1-3H3,(H,19,22)(H2,20,21,23). The molecule has 0 saturated heterocycles. The molecule has 0 fully saturated rings. The monoisotopic (exact) mass is 311 g/mol. The van der Waals surface area contributed by atoms with Crippen LogP contribution in [0.4, 0.5) is 21.9 Å². The van der Waals surface area contributed by atoms with E-state index < -0.39 is 0 Å². The zero-order valence-corrected chi connectivity index (χ0v) is 13.5. The van der Waals surface area contributed by atoms with Crippen molar-refractivity contribution in [1.82, 2.24) is 0 Å². The number of carbonyl (C=O) groups is 2. The van der Waals surface area contributed by atoms with Crippen molar-refractivity contribution < 1.29 is 9.59 Å². The first kappa shape index (κ1) is 16.5. The minimum Gasteiger partial charge on any atom is -0.326 e. The molecule has 0 heterocycles. The lowest BCUT2D eigenvalue weighted by atomic mass is 10.0. The molecule has 120 valence electrons. The highest BCUT2D eigenvalue weighted by Gasteiger charge is 2.05. The highest BCUT2D eigenvalue weighted by molar-refractivity contribution is 6.00. The Bertz CT molecular complexity index is 694. The summed E-state index contributed by atoms with van der Waals surface area (Å²) in [6.45, 7) is 5.68. The molecular weight excluding hydrogens is 290 g/mol. The van der Waals surface area contributed by atoms with Crippen LogP contribution in [-0.2, 0) is 4.79 Å². The molecule has 0 aromatic heterocycles.